The number of aliphatic hydroxyl groups is 1. The SMILES string of the molecule is CC.CC(=O)OC1C[C@@]2(C)[C@@H]3CCC4C(C)(C)C(OC(C)=O)CC[C@@]45C[C@@]35CC[C@]2(C)C1[C@@]1(C)CCC(C(C)(C)CO)O1. The van der Waals surface area contributed by atoms with E-state index in [1.165, 1.54) is 25.7 Å². The summed E-state index contributed by atoms with van der Waals surface area (Å²) in [7, 11) is 0. The fourth-order valence-electron chi connectivity index (χ4n) is 12.9. The van der Waals surface area contributed by atoms with Gasteiger partial charge in [0.05, 0.1) is 18.3 Å². The minimum Gasteiger partial charge on any atom is -0.462 e. The molecule has 6 fully saturated rings. The van der Waals surface area contributed by atoms with E-state index in [1.54, 1.807) is 13.8 Å². The van der Waals surface area contributed by atoms with Gasteiger partial charge >= 0.3 is 11.9 Å². The topological polar surface area (TPSA) is 82.1 Å². The Morgan fingerprint density at radius 3 is 2.02 bits per heavy atom. The molecule has 5 unspecified atom stereocenters. The van der Waals surface area contributed by atoms with E-state index in [-0.39, 0.29) is 64.4 Å². The lowest BCUT2D eigenvalue weighted by Gasteiger charge is -2.63. The lowest BCUT2D eigenvalue weighted by molar-refractivity contribution is -0.198. The van der Waals surface area contributed by atoms with Gasteiger partial charge < -0.3 is 19.3 Å². The van der Waals surface area contributed by atoms with Crippen molar-refractivity contribution < 1.29 is 28.9 Å². The predicted molar refractivity (Wildman–Crippen MR) is 168 cm³/mol. The van der Waals surface area contributed by atoms with Gasteiger partial charge in [-0.25, -0.2) is 0 Å². The second-order valence-electron chi connectivity index (χ2n) is 17.4. The summed E-state index contributed by atoms with van der Waals surface area (Å²) < 4.78 is 19.2. The number of carbonyl (C=O) groups is 2. The van der Waals surface area contributed by atoms with Gasteiger partial charge in [-0.15, -0.1) is 0 Å². The number of hydrogen-bond donors (Lipinski definition) is 1. The summed E-state index contributed by atoms with van der Waals surface area (Å²) in [4.78, 5) is 24.5. The molecular formula is C37H62O6. The fourth-order valence-corrected chi connectivity index (χ4v) is 12.9. The zero-order valence-corrected chi connectivity index (χ0v) is 29.2. The smallest absolute Gasteiger partial charge is 0.302 e. The molecule has 0 radical (unpaired) electrons. The van der Waals surface area contributed by atoms with Gasteiger partial charge in [0.25, 0.3) is 0 Å². The largest absolute Gasteiger partial charge is 0.462 e. The first-order chi connectivity index (χ1) is 19.9. The molecule has 1 aliphatic heterocycles. The average Bonchev–Trinajstić information content (AvgIpc) is 3.31. The van der Waals surface area contributed by atoms with Crippen molar-refractivity contribution in [3.05, 3.63) is 0 Å². The summed E-state index contributed by atoms with van der Waals surface area (Å²) in [6.45, 7) is 23.5. The van der Waals surface area contributed by atoms with E-state index in [1.807, 2.05) is 13.8 Å². The van der Waals surface area contributed by atoms with E-state index in [4.69, 9.17) is 14.2 Å². The second kappa shape index (κ2) is 10.4. The van der Waals surface area contributed by atoms with Gasteiger partial charge in [0.2, 0.25) is 0 Å². The maximum absolute atomic E-state index is 12.5. The second-order valence-corrected chi connectivity index (χ2v) is 17.4. The van der Waals surface area contributed by atoms with Crippen molar-refractivity contribution in [1.29, 1.82) is 0 Å². The summed E-state index contributed by atoms with van der Waals surface area (Å²) in [5.74, 6) is 0.968. The molecule has 0 aromatic heterocycles. The van der Waals surface area contributed by atoms with Crippen LogP contribution in [0.2, 0.25) is 0 Å². The molecule has 6 heteroatoms. The number of hydrogen-bond acceptors (Lipinski definition) is 6. The number of esters is 2. The van der Waals surface area contributed by atoms with Crippen LogP contribution < -0.4 is 0 Å². The molecule has 0 bridgehead atoms. The standard InChI is InChI=1S/C35H56O6.C2H6/c1-21(37)39-23-18-32(8)25-11-10-24-30(5,6)27(40-22(2)38)13-15-34(24)19-35(25,34)17-16-31(32,7)28(23)33(9)14-12-26(41-33)29(3,4)20-36;1-2/h23-28,36H,10-20H2,1-9H3;1-2H3/t23?,24?,25-,26?,27?,28?,31+,32-,33+,34+,35-;/m0./s1. The van der Waals surface area contributed by atoms with Gasteiger partial charge in [-0.1, -0.05) is 55.4 Å². The molecule has 0 aromatic carbocycles. The first-order valence-corrected chi connectivity index (χ1v) is 17.6. The highest BCUT2D eigenvalue weighted by atomic mass is 16.6. The third kappa shape index (κ3) is 4.44. The first-order valence-electron chi connectivity index (χ1n) is 17.6. The third-order valence-electron chi connectivity index (χ3n) is 14.9. The Balaban J connectivity index is 0.00000180. The van der Waals surface area contributed by atoms with Crippen LogP contribution in [0.15, 0.2) is 0 Å². The Morgan fingerprint density at radius 1 is 0.814 bits per heavy atom. The lowest BCUT2D eigenvalue weighted by atomic mass is 9.41. The van der Waals surface area contributed by atoms with E-state index in [0.717, 1.165) is 38.5 Å². The Labute approximate surface area is 261 Å². The molecule has 1 heterocycles. The van der Waals surface area contributed by atoms with Gasteiger partial charge in [0.15, 0.2) is 0 Å². The summed E-state index contributed by atoms with van der Waals surface area (Å²) >= 11 is 0. The molecule has 6 nitrogen and oxygen atoms in total. The third-order valence-corrected chi connectivity index (χ3v) is 14.9. The molecule has 0 aromatic rings. The molecule has 6 aliphatic rings. The van der Waals surface area contributed by atoms with Gasteiger partial charge in [-0.3, -0.25) is 9.59 Å². The van der Waals surface area contributed by atoms with E-state index in [9.17, 15) is 14.7 Å². The van der Waals surface area contributed by atoms with Gasteiger partial charge in [-0.05, 0) is 105 Å². The zero-order valence-electron chi connectivity index (χ0n) is 29.2. The van der Waals surface area contributed by atoms with Gasteiger partial charge in [-0.2, -0.15) is 0 Å². The number of rotatable bonds is 5. The van der Waals surface area contributed by atoms with Gasteiger partial charge in [0, 0.05) is 30.6 Å². The molecule has 1 saturated heterocycles. The summed E-state index contributed by atoms with van der Waals surface area (Å²) in [6.07, 6.45) is 10.8. The highest BCUT2D eigenvalue weighted by Gasteiger charge is 2.84. The van der Waals surface area contributed by atoms with Crippen molar-refractivity contribution in [2.75, 3.05) is 6.61 Å². The quantitative estimate of drug-likeness (QED) is 0.322. The van der Waals surface area contributed by atoms with Crippen molar-refractivity contribution in [3.8, 4) is 0 Å². The van der Waals surface area contributed by atoms with Crippen LogP contribution in [0.25, 0.3) is 0 Å². The summed E-state index contributed by atoms with van der Waals surface area (Å²) in [5, 5.41) is 10.1. The Hall–Kier alpha value is -1.14. The molecule has 0 amide bonds. The Kier molecular flexibility index (Phi) is 8.07. The number of aliphatic hydroxyl groups excluding tert-OH is 1. The Morgan fingerprint density at radius 2 is 1.42 bits per heavy atom. The number of ether oxygens (including phenoxy) is 3. The Bertz CT molecular complexity index is 1110. The molecule has 5 saturated carbocycles. The van der Waals surface area contributed by atoms with Crippen LogP contribution >= 0.6 is 0 Å². The minimum atomic E-state index is -0.392. The number of fused-ring (bicyclic) bond motifs is 2. The van der Waals surface area contributed by atoms with Crippen LogP contribution in [0.4, 0.5) is 0 Å². The fraction of sp³-hybridized carbons (Fsp3) is 0.946. The molecule has 1 N–H and O–H groups in total. The van der Waals surface area contributed by atoms with Crippen molar-refractivity contribution in [3.63, 3.8) is 0 Å². The lowest BCUT2D eigenvalue weighted by Crippen LogP contribution is -2.59. The molecular weight excluding hydrogens is 540 g/mol. The van der Waals surface area contributed by atoms with Crippen molar-refractivity contribution in [1.82, 2.24) is 0 Å². The van der Waals surface area contributed by atoms with Crippen molar-refractivity contribution in [2.24, 2.45) is 50.2 Å². The van der Waals surface area contributed by atoms with E-state index in [0.29, 0.717) is 22.7 Å². The monoisotopic (exact) mass is 602 g/mol. The number of carbonyl (C=O) groups excluding carboxylic acids is 2. The van der Waals surface area contributed by atoms with Crippen LogP contribution in [-0.2, 0) is 23.8 Å². The highest BCUT2D eigenvalue weighted by molar-refractivity contribution is 5.66. The zero-order chi connectivity index (χ0) is 32.0. The van der Waals surface area contributed by atoms with Crippen LogP contribution in [0, 0.1) is 50.2 Å². The molecule has 11 atom stereocenters. The molecule has 246 valence electrons. The highest BCUT2D eigenvalue weighted by Crippen LogP contribution is 2.89. The van der Waals surface area contributed by atoms with Gasteiger partial charge in [0.1, 0.15) is 12.2 Å². The summed E-state index contributed by atoms with van der Waals surface area (Å²) in [6, 6.07) is 0. The first kappa shape index (κ1) is 33.2. The predicted octanol–water partition coefficient (Wildman–Crippen LogP) is 7.88. The van der Waals surface area contributed by atoms with Crippen molar-refractivity contribution >= 4 is 11.9 Å². The van der Waals surface area contributed by atoms with Crippen LogP contribution in [0.5, 0.6) is 0 Å². The maximum Gasteiger partial charge on any atom is 0.302 e. The van der Waals surface area contributed by atoms with E-state index < -0.39 is 5.60 Å². The summed E-state index contributed by atoms with van der Waals surface area (Å²) in [5.41, 5.74) is 0.0334. The average molecular weight is 603 g/mol. The van der Waals surface area contributed by atoms with Crippen molar-refractivity contribution in [2.45, 2.75) is 164 Å². The van der Waals surface area contributed by atoms with E-state index >= 15 is 0 Å². The van der Waals surface area contributed by atoms with Crippen LogP contribution in [-0.4, -0.2) is 47.6 Å². The molecule has 5 aliphatic carbocycles. The maximum atomic E-state index is 12.5. The normalized spacial score (nSPS) is 49.3. The van der Waals surface area contributed by atoms with E-state index in [2.05, 4.69) is 48.5 Å². The molecule has 6 rings (SSSR count). The minimum absolute atomic E-state index is 0.00218. The van der Waals surface area contributed by atoms with Crippen LogP contribution in [0.1, 0.15) is 140 Å². The molecule has 43 heavy (non-hydrogen) atoms. The molecule has 2 spiro atoms. The van der Waals surface area contributed by atoms with Crippen LogP contribution in [0.3, 0.4) is 0 Å².